The maximum atomic E-state index is 13.3. The number of nitrogens with two attached hydrogens (primary N) is 1. The van der Waals surface area contributed by atoms with E-state index < -0.39 is 0 Å². The number of pyridine rings is 1. The van der Waals surface area contributed by atoms with Gasteiger partial charge in [-0.05, 0) is 34.9 Å². The fraction of sp³-hybridized carbons (Fsp3) is 0.182. The Morgan fingerprint density at radius 2 is 2.33 bits per heavy atom. The predicted molar refractivity (Wildman–Crippen MR) is 59.1 cm³/mol. The molecular formula is C11H11FN2S. The second-order valence-electron chi connectivity index (χ2n) is 3.34. The highest BCUT2D eigenvalue weighted by Crippen LogP contribution is 2.19. The number of thiophene rings is 1. The summed E-state index contributed by atoms with van der Waals surface area (Å²) in [6, 6.07) is 3.33. The van der Waals surface area contributed by atoms with Crippen LogP contribution in [-0.2, 0) is 6.42 Å². The first kappa shape index (κ1) is 10.3. The molecule has 2 aromatic rings. The van der Waals surface area contributed by atoms with Gasteiger partial charge in [0.05, 0.1) is 6.20 Å². The maximum Gasteiger partial charge on any atom is 0.146 e. The van der Waals surface area contributed by atoms with Crippen molar-refractivity contribution in [3.05, 3.63) is 52.2 Å². The first-order valence-corrected chi connectivity index (χ1v) is 5.57. The molecule has 1 atom stereocenters. The van der Waals surface area contributed by atoms with E-state index in [1.165, 1.54) is 6.20 Å². The van der Waals surface area contributed by atoms with Crippen molar-refractivity contribution in [1.82, 2.24) is 4.98 Å². The Morgan fingerprint density at radius 1 is 1.47 bits per heavy atom. The van der Waals surface area contributed by atoms with E-state index in [4.69, 9.17) is 5.73 Å². The summed E-state index contributed by atoms with van der Waals surface area (Å²) in [6.45, 7) is 0. The Kier molecular flexibility index (Phi) is 3.08. The highest BCUT2D eigenvalue weighted by molar-refractivity contribution is 7.07. The van der Waals surface area contributed by atoms with Crippen LogP contribution in [0.15, 0.2) is 35.3 Å². The van der Waals surface area contributed by atoms with Gasteiger partial charge in [-0.2, -0.15) is 11.3 Å². The topological polar surface area (TPSA) is 38.9 Å². The zero-order chi connectivity index (χ0) is 10.7. The zero-order valence-electron chi connectivity index (χ0n) is 8.06. The zero-order valence-corrected chi connectivity index (χ0v) is 8.88. The van der Waals surface area contributed by atoms with Crippen LogP contribution in [0.4, 0.5) is 4.39 Å². The maximum absolute atomic E-state index is 13.3. The minimum absolute atomic E-state index is 0.303. The summed E-state index contributed by atoms with van der Waals surface area (Å²) >= 11 is 1.62. The molecule has 0 bridgehead atoms. The van der Waals surface area contributed by atoms with E-state index in [1.807, 2.05) is 16.8 Å². The smallest absolute Gasteiger partial charge is 0.146 e. The largest absolute Gasteiger partial charge is 0.324 e. The molecule has 0 amide bonds. The third-order valence-electron chi connectivity index (χ3n) is 2.24. The van der Waals surface area contributed by atoms with Gasteiger partial charge in [0.1, 0.15) is 5.82 Å². The van der Waals surface area contributed by atoms with Gasteiger partial charge in [-0.15, -0.1) is 0 Å². The van der Waals surface area contributed by atoms with Crippen molar-refractivity contribution in [3.8, 4) is 0 Å². The molecule has 2 nitrogen and oxygen atoms in total. The normalized spacial score (nSPS) is 12.7. The molecule has 0 aromatic carbocycles. The van der Waals surface area contributed by atoms with E-state index in [-0.39, 0.29) is 11.9 Å². The van der Waals surface area contributed by atoms with Crippen molar-refractivity contribution < 1.29 is 4.39 Å². The lowest BCUT2D eigenvalue weighted by molar-refractivity contribution is 0.575. The number of nitrogens with zero attached hydrogens (tertiary/aromatic N) is 1. The Labute approximate surface area is 91.6 Å². The van der Waals surface area contributed by atoms with Crippen LogP contribution in [0.5, 0.6) is 0 Å². The van der Waals surface area contributed by atoms with Crippen LogP contribution in [-0.4, -0.2) is 4.98 Å². The standard InChI is InChI=1S/C11H11FN2S/c12-10-6-14-3-1-9(10)11(13)5-8-2-4-15-7-8/h1-4,6-7,11H,5,13H2. The van der Waals surface area contributed by atoms with Crippen molar-refractivity contribution in [1.29, 1.82) is 0 Å². The van der Waals surface area contributed by atoms with Gasteiger partial charge in [0.2, 0.25) is 0 Å². The third-order valence-corrected chi connectivity index (χ3v) is 2.97. The average molecular weight is 222 g/mol. The van der Waals surface area contributed by atoms with Crippen LogP contribution in [0, 0.1) is 5.82 Å². The molecule has 1 unspecified atom stereocenters. The molecule has 0 saturated heterocycles. The number of halogens is 1. The molecular weight excluding hydrogens is 211 g/mol. The highest BCUT2D eigenvalue weighted by Gasteiger charge is 2.11. The molecule has 0 fully saturated rings. The summed E-state index contributed by atoms with van der Waals surface area (Å²) in [5.74, 6) is -0.333. The van der Waals surface area contributed by atoms with Gasteiger partial charge in [0, 0.05) is 17.8 Å². The summed E-state index contributed by atoms with van der Waals surface area (Å²) in [6.07, 6.45) is 3.42. The number of aromatic nitrogens is 1. The molecule has 0 spiro atoms. The first-order chi connectivity index (χ1) is 7.27. The minimum atomic E-state index is -0.333. The summed E-state index contributed by atoms with van der Waals surface area (Å²) < 4.78 is 13.3. The molecule has 4 heteroatoms. The lowest BCUT2D eigenvalue weighted by Crippen LogP contribution is -2.14. The summed E-state index contributed by atoms with van der Waals surface area (Å²) in [5.41, 5.74) is 7.59. The van der Waals surface area contributed by atoms with Gasteiger partial charge in [-0.3, -0.25) is 4.98 Å². The third kappa shape index (κ3) is 2.40. The Balaban J connectivity index is 2.15. The fourth-order valence-electron chi connectivity index (χ4n) is 1.46. The van der Waals surface area contributed by atoms with Crippen molar-refractivity contribution in [2.45, 2.75) is 12.5 Å². The van der Waals surface area contributed by atoms with Crippen LogP contribution in [0.1, 0.15) is 17.2 Å². The van der Waals surface area contributed by atoms with Crippen LogP contribution in [0.25, 0.3) is 0 Å². The molecule has 0 aliphatic carbocycles. The SMILES string of the molecule is NC(Cc1ccsc1)c1ccncc1F. The second-order valence-corrected chi connectivity index (χ2v) is 4.12. The number of hydrogen-bond acceptors (Lipinski definition) is 3. The van der Waals surface area contributed by atoms with Crippen molar-refractivity contribution in [3.63, 3.8) is 0 Å². The second kappa shape index (κ2) is 4.51. The summed E-state index contributed by atoms with van der Waals surface area (Å²) in [7, 11) is 0. The van der Waals surface area contributed by atoms with Crippen molar-refractivity contribution in [2.75, 3.05) is 0 Å². The van der Waals surface area contributed by atoms with Gasteiger partial charge < -0.3 is 5.73 Å². The van der Waals surface area contributed by atoms with Gasteiger partial charge in [0.15, 0.2) is 0 Å². The molecule has 15 heavy (non-hydrogen) atoms. The quantitative estimate of drug-likeness (QED) is 0.866. The van der Waals surface area contributed by atoms with Gasteiger partial charge in [-0.25, -0.2) is 4.39 Å². The number of rotatable bonds is 3. The molecule has 0 aliphatic heterocycles. The van der Waals surface area contributed by atoms with Crippen molar-refractivity contribution in [2.24, 2.45) is 5.73 Å². The van der Waals surface area contributed by atoms with E-state index in [1.54, 1.807) is 23.6 Å². The van der Waals surface area contributed by atoms with Crippen LogP contribution in [0.3, 0.4) is 0 Å². The monoisotopic (exact) mass is 222 g/mol. The molecule has 78 valence electrons. The lowest BCUT2D eigenvalue weighted by atomic mass is 10.0. The van der Waals surface area contributed by atoms with Gasteiger partial charge in [-0.1, -0.05) is 0 Å². The van der Waals surface area contributed by atoms with Crippen LogP contribution >= 0.6 is 11.3 Å². The Bertz CT molecular complexity index is 428. The highest BCUT2D eigenvalue weighted by atomic mass is 32.1. The molecule has 2 aromatic heterocycles. The van der Waals surface area contributed by atoms with E-state index in [0.29, 0.717) is 12.0 Å². The number of hydrogen-bond donors (Lipinski definition) is 1. The Morgan fingerprint density at radius 3 is 3.00 bits per heavy atom. The molecule has 0 saturated carbocycles. The van der Waals surface area contributed by atoms with E-state index in [9.17, 15) is 4.39 Å². The average Bonchev–Trinajstić information content (AvgIpc) is 2.71. The Hall–Kier alpha value is -1.26. The van der Waals surface area contributed by atoms with Crippen molar-refractivity contribution >= 4 is 11.3 Å². The minimum Gasteiger partial charge on any atom is -0.324 e. The van der Waals surface area contributed by atoms with E-state index in [2.05, 4.69) is 4.98 Å². The molecule has 2 N–H and O–H groups in total. The fourth-order valence-corrected chi connectivity index (χ4v) is 2.14. The lowest BCUT2D eigenvalue weighted by Gasteiger charge is -2.11. The molecule has 0 aliphatic rings. The molecule has 2 rings (SSSR count). The molecule has 2 heterocycles. The predicted octanol–water partition coefficient (Wildman–Crippen LogP) is 2.52. The summed E-state index contributed by atoms with van der Waals surface area (Å²) in [5, 5.41) is 4.02. The summed E-state index contributed by atoms with van der Waals surface area (Å²) in [4.78, 5) is 3.70. The van der Waals surface area contributed by atoms with E-state index in [0.717, 1.165) is 5.56 Å². The van der Waals surface area contributed by atoms with Gasteiger partial charge in [0.25, 0.3) is 0 Å². The first-order valence-electron chi connectivity index (χ1n) is 4.63. The molecule has 0 radical (unpaired) electrons. The van der Waals surface area contributed by atoms with Crippen LogP contribution < -0.4 is 5.73 Å². The van der Waals surface area contributed by atoms with Gasteiger partial charge >= 0.3 is 0 Å². The van der Waals surface area contributed by atoms with E-state index >= 15 is 0 Å². The van der Waals surface area contributed by atoms with Crippen LogP contribution in [0.2, 0.25) is 0 Å².